The maximum atomic E-state index is 2.72. The maximum absolute atomic E-state index is 2.72. The highest BCUT2D eigenvalue weighted by molar-refractivity contribution is 5.34. The van der Waals surface area contributed by atoms with Crippen molar-refractivity contribution in [2.75, 3.05) is 13.1 Å². The van der Waals surface area contributed by atoms with Crippen molar-refractivity contribution in [1.29, 1.82) is 0 Å². The summed E-state index contributed by atoms with van der Waals surface area (Å²) in [6.45, 7) is 15.9. The number of hydrogen-bond acceptors (Lipinski definition) is 1. The molecule has 0 aliphatic rings. The van der Waals surface area contributed by atoms with Gasteiger partial charge in [-0.1, -0.05) is 109 Å². The average Bonchev–Trinajstić information content (AvgIpc) is 2.67. The zero-order valence-corrected chi connectivity index (χ0v) is 18.5. The van der Waals surface area contributed by atoms with E-state index >= 15 is 0 Å². The topological polar surface area (TPSA) is 3.24 Å². The van der Waals surface area contributed by atoms with Crippen LogP contribution in [-0.2, 0) is 0 Å². The van der Waals surface area contributed by atoms with Crippen molar-refractivity contribution in [2.45, 2.75) is 72.8 Å². The van der Waals surface area contributed by atoms with E-state index in [4.69, 9.17) is 0 Å². The molecule has 27 heavy (non-hydrogen) atoms. The van der Waals surface area contributed by atoms with Crippen molar-refractivity contribution in [3.63, 3.8) is 0 Å². The van der Waals surface area contributed by atoms with Crippen LogP contribution in [0.5, 0.6) is 0 Å². The van der Waals surface area contributed by atoms with Gasteiger partial charge in [0.1, 0.15) is 0 Å². The molecule has 0 saturated heterocycles. The van der Waals surface area contributed by atoms with E-state index in [0.29, 0.717) is 17.9 Å². The fourth-order valence-electron chi connectivity index (χ4n) is 3.91. The van der Waals surface area contributed by atoms with E-state index in [1.54, 1.807) is 0 Å². The lowest BCUT2D eigenvalue weighted by Gasteiger charge is -2.40. The van der Waals surface area contributed by atoms with Crippen molar-refractivity contribution in [3.05, 3.63) is 71.8 Å². The van der Waals surface area contributed by atoms with E-state index in [1.165, 1.54) is 43.5 Å². The molecule has 2 rings (SSSR count). The van der Waals surface area contributed by atoms with Crippen molar-refractivity contribution in [1.82, 2.24) is 4.90 Å². The van der Waals surface area contributed by atoms with Crippen LogP contribution in [0.2, 0.25) is 0 Å². The van der Waals surface area contributed by atoms with Gasteiger partial charge in [0.15, 0.2) is 0 Å². The summed E-state index contributed by atoms with van der Waals surface area (Å²) in [7, 11) is 0. The monoisotopic (exact) mass is 367 g/mol. The molecule has 1 unspecified atom stereocenters. The van der Waals surface area contributed by atoms with Crippen LogP contribution in [0.1, 0.15) is 77.8 Å². The molecular formula is C26H41N. The van der Waals surface area contributed by atoms with Gasteiger partial charge in [-0.2, -0.15) is 0 Å². The minimum absolute atomic E-state index is 0.422. The van der Waals surface area contributed by atoms with Crippen LogP contribution in [0.3, 0.4) is 0 Å². The molecule has 2 aromatic rings. The molecule has 0 aromatic heterocycles. The van der Waals surface area contributed by atoms with Gasteiger partial charge < -0.3 is 0 Å². The third-order valence-electron chi connectivity index (χ3n) is 4.79. The van der Waals surface area contributed by atoms with E-state index in [2.05, 4.69) is 107 Å². The molecule has 1 nitrogen and oxygen atoms in total. The van der Waals surface area contributed by atoms with Crippen LogP contribution in [0, 0.1) is 5.92 Å². The number of hydrogen-bond donors (Lipinski definition) is 0. The van der Waals surface area contributed by atoms with Crippen molar-refractivity contribution < 1.29 is 0 Å². The highest BCUT2D eigenvalue weighted by atomic mass is 15.2. The van der Waals surface area contributed by atoms with Crippen molar-refractivity contribution in [2.24, 2.45) is 5.92 Å². The predicted octanol–water partition coefficient (Wildman–Crippen LogP) is 7.38. The third-order valence-corrected chi connectivity index (χ3v) is 4.79. The molecule has 2 aromatic carbocycles. The van der Waals surface area contributed by atoms with Gasteiger partial charge in [-0.25, -0.2) is 0 Å². The lowest BCUT2D eigenvalue weighted by atomic mass is 9.79. The van der Waals surface area contributed by atoms with Crippen LogP contribution in [0.15, 0.2) is 60.7 Å². The van der Waals surface area contributed by atoms with Crippen LogP contribution >= 0.6 is 0 Å². The number of rotatable bonds is 9. The molecule has 150 valence electrons. The molecule has 0 radical (unpaired) electrons. The normalized spacial score (nSPS) is 12.2. The van der Waals surface area contributed by atoms with E-state index in [1.807, 2.05) is 0 Å². The Kier molecular flexibility index (Phi) is 11.8. The molecular weight excluding hydrogens is 326 g/mol. The first kappa shape index (κ1) is 23.4. The first-order valence-corrected chi connectivity index (χ1v) is 10.9. The van der Waals surface area contributed by atoms with Crippen molar-refractivity contribution >= 4 is 0 Å². The predicted molar refractivity (Wildman–Crippen MR) is 121 cm³/mol. The summed E-state index contributed by atoms with van der Waals surface area (Å²) >= 11 is 0. The van der Waals surface area contributed by atoms with E-state index < -0.39 is 0 Å². The van der Waals surface area contributed by atoms with Gasteiger partial charge in [0.25, 0.3) is 0 Å². The van der Waals surface area contributed by atoms with Gasteiger partial charge in [0, 0.05) is 12.0 Å². The first-order chi connectivity index (χ1) is 13.1. The van der Waals surface area contributed by atoms with Crippen LogP contribution < -0.4 is 0 Å². The summed E-state index contributed by atoms with van der Waals surface area (Å²) < 4.78 is 0. The molecule has 0 aliphatic heterocycles. The summed E-state index contributed by atoms with van der Waals surface area (Å²) in [5.41, 5.74) is 2.86. The lowest BCUT2D eigenvalue weighted by molar-refractivity contribution is 0.139. The second kappa shape index (κ2) is 13.6. The quantitative estimate of drug-likeness (QED) is 0.447. The van der Waals surface area contributed by atoms with Crippen LogP contribution in [0.4, 0.5) is 0 Å². The van der Waals surface area contributed by atoms with Gasteiger partial charge in [0.2, 0.25) is 0 Å². The fourth-order valence-corrected chi connectivity index (χ4v) is 3.91. The zero-order valence-electron chi connectivity index (χ0n) is 18.5. The minimum atomic E-state index is 0.422. The molecule has 1 heteroatoms. The highest BCUT2D eigenvalue weighted by Gasteiger charge is 2.31. The zero-order chi connectivity index (χ0) is 20.1. The molecule has 0 amide bonds. The Hall–Kier alpha value is -1.60. The van der Waals surface area contributed by atoms with Crippen LogP contribution in [-0.4, -0.2) is 24.0 Å². The molecule has 0 bridgehead atoms. The van der Waals surface area contributed by atoms with E-state index in [9.17, 15) is 0 Å². The lowest BCUT2D eigenvalue weighted by Crippen LogP contribution is -2.44. The fraction of sp³-hybridized carbons (Fsp3) is 0.538. The largest absolute Gasteiger partial charge is 0.299 e. The Morgan fingerprint density at radius 2 is 1.04 bits per heavy atom. The summed E-state index contributed by atoms with van der Waals surface area (Å²) in [5, 5.41) is 0. The van der Waals surface area contributed by atoms with E-state index in [0.717, 1.165) is 0 Å². The van der Waals surface area contributed by atoms with Gasteiger partial charge in [0.05, 0.1) is 0 Å². The second-order valence-electron chi connectivity index (χ2n) is 7.78. The second-order valence-corrected chi connectivity index (χ2v) is 7.78. The van der Waals surface area contributed by atoms with Gasteiger partial charge >= 0.3 is 0 Å². The van der Waals surface area contributed by atoms with Gasteiger partial charge in [-0.15, -0.1) is 0 Å². The third kappa shape index (κ3) is 7.50. The Morgan fingerprint density at radius 1 is 0.667 bits per heavy atom. The summed E-state index contributed by atoms with van der Waals surface area (Å²) in [5.74, 6) is 1.03. The molecule has 0 N–H and O–H groups in total. The molecule has 0 aliphatic carbocycles. The Bertz CT molecular complexity index is 530. The summed E-state index contributed by atoms with van der Waals surface area (Å²) in [6.07, 6.45) is 3.67. The molecule has 0 heterocycles. The standard InChI is InChI=1S/C23H33N.C3H8/c1-5-17-24(18-6-2)23(19(3)4)22(20-13-9-7-10-14-20)21-15-11-8-12-16-21;1-3-2/h7-16,19,22-23H,5-6,17-18H2,1-4H3;3H2,1-2H3. The molecule has 0 saturated carbocycles. The maximum Gasteiger partial charge on any atom is 0.0248 e. The number of nitrogens with zero attached hydrogens (tertiary/aromatic N) is 1. The van der Waals surface area contributed by atoms with Gasteiger partial charge in [-0.3, -0.25) is 4.90 Å². The minimum Gasteiger partial charge on any atom is -0.299 e. The average molecular weight is 368 g/mol. The highest BCUT2D eigenvalue weighted by Crippen LogP contribution is 2.35. The Balaban J connectivity index is 0.00000114. The smallest absolute Gasteiger partial charge is 0.0248 e. The number of benzene rings is 2. The SMILES string of the molecule is CCC.CCCN(CCC)C(C(C)C)C(c1ccccc1)c1ccccc1. The van der Waals surface area contributed by atoms with Gasteiger partial charge in [-0.05, 0) is 43.0 Å². The Labute approximate surface area is 168 Å². The summed E-state index contributed by atoms with van der Waals surface area (Å²) in [6, 6.07) is 22.6. The van der Waals surface area contributed by atoms with E-state index in [-0.39, 0.29) is 0 Å². The first-order valence-electron chi connectivity index (χ1n) is 10.9. The Morgan fingerprint density at radius 3 is 1.33 bits per heavy atom. The van der Waals surface area contributed by atoms with Crippen LogP contribution in [0.25, 0.3) is 0 Å². The summed E-state index contributed by atoms with van der Waals surface area (Å²) in [4.78, 5) is 2.72. The molecule has 0 spiro atoms. The molecule has 0 fully saturated rings. The van der Waals surface area contributed by atoms with Crippen molar-refractivity contribution in [3.8, 4) is 0 Å². The molecule has 1 atom stereocenters.